The number of hydrogen-bond donors (Lipinski definition) is 1. The Kier molecular flexibility index (Phi) is 7.64. The van der Waals surface area contributed by atoms with Crippen LogP contribution in [0.15, 0.2) is 46.2 Å². The fraction of sp³-hybridized carbons (Fsp3) is 0.385. The number of amides is 1. The first-order valence-corrected chi connectivity index (χ1v) is 13.2. The average molecular weight is 558 g/mol. The smallest absolute Gasteiger partial charge is 0.332 e. The second-order valence-corrected chi connectivity index (χ2v) is 10.0. The Morgan fingerprint density at radius 3 is 2.72 bits per heavy atom. The minimum absolute atomic E-state index is 0.0774. The van der Waals surface area contributed by atoms with Crippen LogP contribution in [-0.2, 0) is 20.8 Å². The lowest BCUT2D eigenvalue weighted by molar-refractivity contribution is -0.122. The molecule has 1 N–H and O–H groups in total. The number of aromatic nitrogens is 4. The van der Waals surface area contributed by atoms with Crippen LogP contribution >= 0.6 is 11.3 Å². The SMILES string of the molecule is COCCO[C@@H](Cn1c(=O)n([C@H]2CCNC2=O)c(=O)c2c(C)c(-n3cccn3)sc21)c1cc(F)ccc1OC. The zero-order valence-corrected chi connectivity index (χ0v) is 22.5. The van der Waals surface area contributed by atoms with Gasteiger partial charge in [0.1, 0.15) is 33.5 Å². The molecule has 1 aliphatic rings. The summed E-state index contributed by atoms with van der Waals surface area (Å²) < 4.78 is 35.1. The number of methoxy groups -OCH3 is 2. The predicted octanol–water partition coefficient (Wildman–Crippen LogP) is 2.33. The maximum atomic E-state index is 14.4. The molecule has 1 amide bonds. The van der Waals surface area contributed by atoms with E-state index in [0.29, 0.717) is 45.1 Å². The number of rotatable bonds is 10. The average Bonchev–Trinajstić information content (AvgIpc) is 3.67. The normalized spacial score (nSPS) is 16.1. The topological polar surface area (TPSA) is 119 Å². The van der Waals surface area contributed by atoms with Gasteiger partial charge in [-0.3, -0.25) is 14.2 Å². The summed E-state index contributed by atoms with van der Waals surface area (Å²) >= 11 is 1.23. The minimum atomic E-state index is -0.940. The highest BCUT2D eigenvalue weighted by Crippen LogP contribution is 2.34. The van der Waals surface area contributed by atoms with Gasteiger partial charge in [0, 0.05) is 37.2 Å². The quantitative estimate of drug-likeness (QED) is 0.297. The van der Waals surface area contributed by atoms with Gasteiger partial charge in [0.25, 0.3) is 5.56 Å². The van der Waals surface area contributed by atoms with Gasteiger partial charge >= 0.3 is 5.69 Å². The zero-order chi connectivity index (χ0) is 27.7. The second-order valence-electron chi connectivity index (χ2n) is 9.07. The van der Waals surface area contributed by atoms with E-state index in [1.807, 2.05) is 0 Å². The van der Waals surface area contributed by atoms with Crippen molar-refractivity contribution in [3.8, 4) is 10.8 Å². The molecule has 0 aliphatic carbocycles. The molecule has 0 unspecified atom stereocenters. The van der Waals surface area contributed by atoms with E-state index in [-0.39, 0.29) is 25.7 Å². The molecule has 1 aliphatic heterocycles. The van der Waals surface area contributed by atoms with E-state index in [0.717, 1.165) is 4.57 Å². The summed E-state index contributed by atoms with van der Waals surface area (Å²) in [5.74, 6) is -0.504. The van der Waals surface area contributed by atoms with Gasteiger partial charge in [-0.15, -0.1) is 0 Å². The number of aryl methyl sites for hydroxylation is 1. The number of thiophene rings is 1. The third-order valence-electron chi connectivity index (χ3n) is 6.76. The van der Waals surface area contributed by atoms with Crippen LogP contribution in [0.5, 0.6) is 5.75 Å². The molecular weight excluding hydrogens is 529 g/mol. The van der Waals surface area contributed by atoms with E-state index in [1.165, 1.54) is 48.3 Å². The zero-order valence-electron chi connectivity index (χ0n) is 21.7. The Bertz CT molecular complexity index is 1630. The molecule has 1 saturated heterocycles. The highest BCUT2D eigenvalue weighted by atomic mass is 32.1. The fourth-order valence-electron chi connectivity index (χ4n) is 4.86. The van der Waals surface area contributed by atoms with Crippen LogP contribution in [0, 0.1) is 12.7 Å². The molecule has 4 aromatic rings. The van der Waals surface area contributed by atoms with Crippen molar-refractivity contribution in [2.24, 2.45) is 0 Å². The van der Waals surface area contributed by atoms with E-state index in [2.05, 4.69) is 10.4 Å². The molecule has 1 aromatic carbocycles. The highest BCUT2D eigenvalue weighted by Gasteiger charge is 2.32. The number of benzene rings is 1. The number of carbonyl (C=O) groups excluding carboxylic acids is 1. The Balaban J connectivity index is 1.74. The molecular formula is C26H28FN5O6S. The van der Waals surface area contributed by atoms with Gasteiger partial charge in [0.15, 0.2) is 0 Å². The van der Waals surface area contributed by atoms with Gasteiger partial charge in [-0.05, 0) is 37.6 Å². The predicted molar refractivity (Wildman–Crippen MR) is 142 cm³/mol. The minimum Gasteiger partial charge on any atom is -0.496 e. The lowest BCUT2D eigenvalue weighted by Gasteiger charge is -2.23. The van der Waals surface area contributed by atoms with Crippen molar-refractivity contribution in [3.05, 3.63) is 74.4 Å². The maximum absolute atomic E-state index is 14.4. The second kappa shape index (κ2) is 11.1. The first-order valence-electron chi connectivity index (χ1n) is 12.4. The number of hydrogen-bond acceptors (Lipinski definition) is 8. The van der Waals surface area contributed by atoms with E-state index in [4.69, 9.17) is 14.2 Å². The standard InChI is InChI=1S/C26H28FN5O6S/c1-15-21-23(34)32(18-7-9-28-22(18)33)26(35)30(25(21)39-24(15)31-10-4-8-29-31)14-20(38-12-11-36-2)17-13-16(27)5-6-19(17)37-3/h4-6,8,10,13,18,20H,7,9,11-12,14H2,1-3H3,(H,28,33)/t18-,20-/m0/s1. The van der Waals surface area contributed by atoms with E-state index < -0.39 is 29.2 Å². The molecule has 0 bridgehead atoms. The number of nitrogens with zero attached hydrogens (tertiary/aromatic N) is 4. The Hall–Kier alpha value is -3.81. The number of ether oxygens (including phenoxy) is 3. The molecule has 1 fully saturated rings. The van der Waals surface area contributed by atoms with Gasteiger partial charge in [-0.1, -0.05) is 11.3 Å². The monoisotopic (exact) mass is 557 g/mol. The molecule has 0 radical (unpaired) electrons. The van der Waals surface area contributed by atoms with Crippen molar-refractivity contribution < 1.29 is 23.4 Å². The molecule has 13 heteroatoms. The van der Waals surface area contributed by atoms with Crippen LogP contribution < -0.4 is 21.3 Å². The number of halogens is 1. The van der Waals surface area contributed by atoms with Crippen LogP contribution in [0.3, 0.4) is 0 Å². The fourth-order valence-corrected chi connectivity index (χ4v) is 6.11. The van der Waals surface area contributed by atoms with Crippen LogP contribution in [-0.4, -0.2) is 58.8 Å². The molecule has 0 saturated carbocycles. The summed E-state index contributed by atoms with van der Waals surface area (Å²) in [6.07, 6.45) is 2.83. The van der Waals surface area contributed by atoms with Crippen molar-refractivity contribution in [1.82, 2.24) is 24.2 Å². The van der Waals surface area contributed by atoms with Crippen molar-refractivity contribution in [2.45, 2.75) is 32.0 Å². The lowest BCUT2D eigenvalue weighted by atomic mass is 10.1. The Morgan fingerprint density at radius 2 is 2.05 bits per heavy atom. The Morgan fingerprint density at radius 1 is 1.23 bits per heavy atom. The van der Waals surface area contributed by atoms with Crippen LogP contribution in [0.4, 0.5) is 4.39 Å². The van der Waals surface area contributed by atoms with Crippen molar-refractivity contribution in [1.29, 1.82) is 0 Å². The van der Waals surface area contributed by atoms with E-state index in [9.17, 15) is 18.8 Å². The number of nitrogens with one attached hydrogen (secondary N) is 1. The van der Waals surface area contributed by atoms with Crippen LogP contribution in [0.25, 0.3) is 15.2 Å². The third-order valence-corrected chi connectivity index (χ3v) is 8.06. The molecule has 4 heterocycles. The summed E-state index contributed by atoms with van der Waals surface area (Å²) in [7, 11) is 2.99. The number of fused-ring (bicyclic) bond motifs is 1. The van der Waals surface area contributed by atoms with Crippen molar-refractivity contribution >= 4 is 27.5 Å². The van der Waals surface area contributed by atoms with Gasteiger partial charge in [0.2, 0.25) is 5.91 Å². The first-order chi connectivity index (χ1) is 18.8. The van der Waals surface area contributed by atoms with Crippen LogP contribution in [0.1, 0.15) is 29.7 Å². The molecule has 2 atom stereocenters. The van der Waals surface area contributed by atoms with Gasteiger partial charge in [0.05, 0.1) is 32.3 Å². The van der Waals surface area contributed by atoms with Crippen LogP contribution in [0.2, 0.25) is 0 Å². The third kappa shape index (κ3) is 4.88. The summed E-state index contributed by atoms with van der Waals surface area (Å²) in [4.78, 5) is 40.8. The Labute approximate surface area is 226 Å². The first kappa shape index (κ1) is 26.8. The molecule has 0 spiro atoms. The van der Waals surface area contributed by atoms with E-state index >= 15 is 0 Å². The largest absolute Gasteiger partial charge is 0.496 e. The molecule has 3 aromatic heterocycles. The van der Waals surface area contributed by atoms with Gasteiger partial charge in [-0.2, -0.15) is 5.10 Å². The summed E-state index contributed by atoms with van der Waals surface area (Å²) in [5.41, 5.74) is -0.172. The lowest BCUT2D eigenvalue weighted by Crippen LogP contribution is -2.44. The van der Waals surface area contributed by atoms with Crippen molar-refractivity contribution in [3.63, 3.8) is 0 Å². The highest BCUT2D eigenvalue weighted by molar-refractivity contribution is 7.21. The van der Waals surface area contributed by atoms with Crippen molar-refractivity contribution in [2.75, 3.05) is 34.0 Å². The van der Waals surface area contributed by atoms with Gasteiger partial charge < -0.3 is 19.5 Å². The summed E-state index contributed by atoms with van der Waals surface area (Å²) in [6, 6.07) is 4.88. The molecule has 39 heavy (non-hydrogen) atoms. The molecule has 206 valence electrons. The van der Waals surface area contributed by atoms with E-state index in [1.54, 1.807) is 30.1 Å². The summed E-state index contributed by atoms with van der Waals surface area (Å²) in [5, 5.41) is 7.97. The number of carbonyl (C=O) groups is 1. The molecule has 5 rings (SSSR count). The van der Waals surface area contributed by atoms with Gasteiger partial charge in [-0.25, -0.2) is 18.4 Å². The maximum Gasteiger partial charge on any atom is 0.332 e. The molecule has 11 nitrogen and oxygen atoms in total. The summed E-state index contributed by atoms with van der Waals surface area (Å²) in [6.45, 7) is 2.49.